The number of anilines is 2. The number of benzene rings is 1. The summed E-state index contributed by atoms with van der Waals surface area (Å²) < 4.78 is 16.1. The molecule has 2 aromatic rings. The molecular weight excluding hydrogens is 339 g/mol. The van der Waals surface area contributed by atoms with Gasteiger partial charge in [0.1, 0.15) is 5.82 Å². The largest absolute Gasteiger partial charge is 0.352 e. The number of nitrogens with zero attached hydrogens (tertiary/aromatic N) is 1. The van der Waals surface area contributed by atoms with Gasteiger partial charge in [0.15, 0.2) is 6.29 Å². The maximum absolute atomic E-state index is 13.9. The Balaban J connectivity index is 2.09. The number of aromatic nitrogens is 1. The summed E-state index contributed by atoms with van der Waals surface area (Å²) in [5.41, 5.74) is 1.55. The van der Waals surface area contributed by atoms with E-state index < -0.39 is 5.82 Å². The third-order valence-electron chi connectivity index (χ3n) is 3.57. The molecule has 1 aliphatic heterocycles. The molecule has 6 heteroatoms. The van der Waals surface area contributed by atoms with Gasteiger partial charge in [0.2, 0.25) is 0 Å². The predicted molar refractivity (Wildman–Crippen MR) is 81.8 cm³/mol. The van der Waals surface area contributed by atoms with E-state index in [9.17, 15) is 14.0 Å². The first-order valence-corrected chi connectivity index (χ1v) is 7.33. The predicted octanol–water partition coefficient (Wildman–Crippen LogP) is 3.25. The molecule has 108 valence electrons. The monoisotopic (exact) mass is 350 g/mol. The van der Waals surface area contributed by atoms with Crippen molar-refractivity contribution in [3.63, 3.8) is 0 Å². The number of hydrogen-bond acceptors (Lipinski definition) is 3. The van der Waals surface area contributed by atoms with Gasteiger partial charge in [-0.25, -0.2) is 4.39 Å². The zero-order valence-corrected chi connectivity index (χ0v) is 12.6. The van der Waals surface area contributed by atoms with E-state index in [1.165, 1.54) is 12.1 Å². The van der Waals surface area contributed by atoms with Crippen molar-refractivity contribution in [3.05, 3.63) is 56.2 Å². The van der Waals surface area contributed by atoms with E-state index >= 15 is 0 Å². The second-order valence-corrected chi connectivity index (χ2v) is 5.79. The average Bonchev–Trinajstić information content (AvgIpc) is 2.92. The normalized spacial score (nSPS) is 13.0. The molecule has 0 fully saturated rings. The lowest BCUT2D eigenvalue weighted by atomic mass is 10.1. The van der Waals surface area contributed by atoms with Crippen LogP contribution in [0.4, 0.5) is 15.8 Å². The van der Waals surface area contributed by atoms with Crippen LogP contribution >= 0.6 is 15.9 Å². The minimum absolute atomic E-state index is 0.173. The minimum Gasteiger partial charge on any atom is -0.352 e. The SMILES string of the molecule is O=Cc1c(Nc2ccc(Br)cc2F)cc(=O)n2c1CCC2. The van der Waals surface area contributed by atoms with Crippen molar-refractivity contribution in [2.24, 2.45) is 0 Å². The number of aldehydes is 1. The van der Waals surface area contributed by atoms with Crippen LogP contribution < -0.4 is 10.9 Å². The van der Waals surface area contributed by atoms with E-state index in [2.05, 4.69) is 21.2 Å². The highest BCUT2D eigenvalue weighted by Gasteiger charge is 2.20. The number of nitrogens with one attached hydrogen (secondary N) is 1. The first kappa shape index (κ1) is 14.0. The molecule has 0 radical (unpaired) electrons. The third-order valence-corrected chi connectivity index (χ3v) is 4.07. The lowest BCUT2D eigenvalue weighted by Gasteiger charge is -2.13. The molecule has 1 aliphatic rings. The van der Waals surface area contributed by atoms with Crippen LogP contribution in [0.25, 0.3) is 0 Å². The van der Waals surface area contributed by atoms with Gasteiger partial charge in [-0.3, -0.25) is 9.59 Å². The molecule has 1 N–H and O–H groups in total. The summed E-state index contributed by atoms with van der Waals surface area (Å²) in [4.78, 5) is 23.4. The van der Waals surface area contributed by atoms with Crippen molar-refractivity contribution in [3.8, 4) is 0 Å². The number of halogens is 2. The zero-order chi connectivity index (χ0) is 15.0. The van der Waals surface area contributed by atoms with Crippen LogP contribution in [-0.4, -0.2) is 10.9 Å². The van der Waals surface area contributed by atoms with Crippen LogP contribution in [0.1, 0.15) is 22.5 Å². The maximum Gasteiger partial charge on any atom is 0.252 e. The lowest BCUT2D eigenvalue weighted by molar-refractivity contribution is 0.112. The first-order valence-electron chi connectivity index (χ1n) is 6.54. The van der Waals surface area contributed by atoms with Gasteiger partial charge in [-0.2, -0.15) is 0 Å². The molecule has 0 bridgehead atoms. The van der Waals surface area contributed by atoms with E-state index in [4.69, 9.17) is 0 Å². The summed E-state index contributed by atoms with van der Waals surface area (Å²) in [6.07, 6.45) is 2.24. The molecule has 0 spiro atoms. The molecule has 0 saturated carbocycles. The third kappa shape index (κ3) is 2.51. The fourth-order valence-electron chi connectivity index (χ4n) is 2.60. The van der Waals surface area contributed by atoms with Gasteiger partial charge in [-0.1, -0.05) is 15.9 Å². The van der Waals surface area contributed by atoms with E-state index in [0.717, 1.165) is 18.4 Å². The molecule has 0 unspecified atom stereocenters. The number of carbonyl (C=O) groups is 1. The molecule has 1 aromatic heterocycles. The Morgan fingerprint density at radius 1 is 1.29 bits per heavy atom. The van der Waals surface area contributed by atoms with Crippen LogP contribution in [-0.2, 0) is 13.0 Å². The van der Waals surface area contributed by atoms with E-state index in [1.54, 1.807) is 16.7 Å². The highest BCUT2D eigenvalue weighted by atomic mass is 79.9. The second kappa shape index (κ2) is 5.44. The molecule has 4 nitrogen and oxygen atoms in total. The van der Waals surface area contributed by atoms with Gasteiger partial charge in [0.25, 0.3) is 5.56 Å². The molecule has 2 heterocycles. The number of rotatable bonds is 3. The van der Waals surface area contributed by atoms with Crippen LogP contribution in [0.5, 0.6) is 0 Å². The van der Waals surface area contributed by atoms with E-state index in [0.29, 0.717) is 28.7 Å². The molecule has 0 atom stereocenters. The first-order chi connectivity index (χ1) is 10.1. The van der Waals surface area contributed by atoms with Gasteiger partial charge in [-0.15, -0.1) is 0 Å². The number of carbonyl (C=O) groups excluding carboxylic acids is 1. The fourth-order valence-corrected chi connectivity index (χ4v) is 2.94. The molecule has 3 rings (SSSR count). The quantitative estimate of drug-likeness (QED) is 0.864. The van der Waals surface area contributed by atoms with Crippen molar-refractivity contribution < 1.29 is 9.18 Å². The van der Waals surface area contributed by atoms with Gasteiger partial charge < -0.3 is 9.88 Å². The summed E-state index contributed by atoms with van der Waals surface area (Å²) >= 11 is 3.18. The van der Waals surface area contributed by atoms with Crippen LogP contribution in [0.2, 0.25) is 0 Å². The van der Waals surface area contributed by atoms with Gasteiger partial charge in [0, 0.05) is 22.8 Å². The molecule has 21 heavy (non-hydrogen) atoms. The number of fused-ring (bicyclic) bond motifs is 1. The van der Waals surface area contributed by atoms with E-state index in [1.807, 2.05) is 0 Å². The molecular formula is C15H12BrFN2O2. The van der Waals surface area contributed by atoms with Crippen molar-refractivity contribution in [2.75, 3.05) is 5.32 Å². The maximum atomic E-state index is 13.9. The summed E-state index contributed by atoms with van der Waals surface area (Å²) in [5.74, 6) is -0.457. The standard InChI is InChI=1S/C15H12BrFN2O2/c16-9-3-4-12(11(17)6-9)18-13-7-15(21)19-5-1-2-14(19)10(13)8-20/h3-4,6-8,18H,1-2,5H2. The average molecular weight is 351 g/mol. The molecule has 0 saturated heterocycles. The number of pyridine rings is 1. The molecule has 1 aromatic carbocycles. The molecule has 0 aliphatic carbocycles. The van der Waals surface area contributed by atoms with Crippen LogP contribution in [0.15, 0.2) is 33.5 Å². The Morgan fingerprint density at radius 2 is 2.10 bits per heavy atom. The van der Waals surface area contributed by atoms with Gasteiger partial charge in [-0.05, 0) is 31.0 Å². The zero-order valence-electron chi connectivity index (χ0n) is 11.0. The van der Waals surface area contributed by atoms with Crippen LogP contribution in [0, 0.1) is 5.82 Å². The minimum atomic E-state index is -0.457. The summed E-state index contributed by atoms with van der Waals surface area (Å²) in [6, 6.07) is 5.91. The fraction of sp³-hybridized carbons (Fsp3) is 0.200. The number of hydrogen-bond donors (Lipinski definition) is 1. The highest BCUT2D eigenvalue weighted by molar-refractivity contribution is 9.10. The Bertz CT molecular complexity index is 786. The van der Waals surface area contributed by atoms with Crippen LogP contribution in [0.3, 0.4) is 0 Å². The summed E-state index contributed by atoms with van der Waals surface area (Å²) in [7, 11) is 0. The topological polar surface area (TPSA) is 51.1 Å². The Morgan fingerprint density at radius 3 is 2.81 bits per heavy atom. The second-order valence-electron chi connectivity index (χ2n) is 4.88. The van der Waals surface area contributed by atoms with Crippen molar-refractivity contribution >= 4 is 33.6 Å². The summed E-state index contributed by atoms with van der Waals surface area (Å²) in [6.45, 7) is 0.627. The van der Waals surface area contributed by atoms with Crippen molar-refractivity contribution in [1.29, 1.82) is 0 Å². The molecule has 0 amide bonds. The van der Waals surface area contributed by atoms with Gasteiger partial charge in [0.05, 0.1) is 16.9 Å². The highest BCUT2D eigenvalue weighted by Crippen LogP contribution is 2.27. The Hall–Kier alpha value is -1.95. The smallest absolute Gasteiger partial charge is 0.252 e. The lowest BCUT2D eigenvalue weighted by Crippen LogP contribution is -2.21. The van der Waals surface area contributed by atoms with Gasteiger partial charge >= 0.3 is 0 Å². The van der Waals surface area contributed by atoms with Crippen molar-refractivity contribution in [1.82, 2.24) is 4.57 Å². The summed E-state index contributed by atoms with van der Waals surface area (Å²) in [5, 5.41) is 2.85. The van der Waals surface area contributed by atoms with Crippen molar-refractivity contribution in [2.45, 2.75) is 19.4 Å². The van der Waals surface area contributed by atoms with E-state index in [-0.39, 0.29) is 11.2 Å². The Kier molecular flexibility index (Phi) is 3.63. The Labute approximate surface area is 128 Å².